The van der Waals surface area contributed by atoms with Gasteiger partial charge in [0.25, 0.3) is 5.91 Å². The van der Waals surface area contributed by atoms with Crippen LogP contribution in [0.3, 0.4) is 0 Å². The number of rotatable bonds is 3. The van der Waals surface area contributed by atoms with E-state index in [4.69, 9.17) is 9.73 Å². The number of anilines is 2. The Kier molecular flexibility index (Phi) is 5.74. The number of benzene rings is 4. The van der Waals surface area contributed by atoms with Gasteiger partial charge in [0.05, 0.1) is 29.2 Å². The van der Waals surface area contributed by atoms with Crippen LogP contribution >= 0.6 is 23.5 Å². The standard InChI is InChI=1S/C29H23N3O2S2/c1-18-8-6-11-20(16-18)32-27(33)26(28-31(2)24-17-21(34-3)14-15-25(24)35-28)36-29(32)30-23-13-7-10-19-9-4-5-12-22(19)23/h4-17H,1-3H3/b28-26-,30-29?. The second-order valence-corrected chi connectivity index (χ2v) is 10.6. The molecule has 36 heavy (non-hydrogen) atoms. The number of ether oxygens (including phenoxy) is 1. The fourth-order valence-electron chi connectivity index (χ4n) is 4.43. The zero-order valence-electron chi connectivity index (χ0n) is 20.1. The Morgan fingerprint density at radius 3 is 2.53 bits per heavy atom. The van der Waals surface area contributed by atoms with Crippen molar-refractivity contribution < 1.29 is 9.53 Å². The Labute approximate surface area is 218 Å². The first-order chi connectivity index (χ1) is 17.5. The van der Waals surface area contributed by atoms with Crippen molar-refractivity contribution in [3.8, 4) is 5.75 Å². The fraction of sp³-hybridized carbons (Fsp3) is 0.103. The van der Waals surface area contributed by atoms with Crippen LogP contribution in [-0.2, 0) is 4.79 Å². The molecule has 2 aliphatic heterocycles. The van der Waals surface area contributed by atoms with Crippen molar-refractivity contribution in [2.75, 3.05) is 24.0 Å². The van der Waals surface area contributed by atoms with Crippen LogP contribution in [0.5, 0.6) is 5.75 Å². The Hall–Kier alpha value is -3.68. The molecule has 0 aromatic heterocycles. The lowest BCUT2D eigenvalue weighted by molar-refractivity contribution is -0.113. The Bertz CT molecular complexity index is 1590. The number of hydrogen-bond acceptors (Lipinski definition) is 6. The number of aryl methyl sites for hydroxylation is 1. The Morgan fingerprint density at radius 1 is 0.889 bits per heavy atom. The molecule has 0 saturated carbocycles. The topological polar surface area (TPSA) is 45.1 Å². The van der Waals surface area contributed by atoms with E-state index < -0.39 is 0 Å². The van der Waals surface area contributed by atoms with E-state index in [2.05, 4.69) is 23.1 Å². The van der Waals surface area contributed by atoms with Gasteiger partial charge in [0.2, 0.25) is 0 Å². The summed E-state index contributed by atoms with van der Waals surface area (Å²) in [5.74, 6) is 0.719. The van der Waals surface area contributed by atoms with E-state index in [1.54, 1.807) is 23.8 Å². The van der Waals surface area contributed by atoms with Crippen LogP contribution in [0, 0.1) is 6.92 Å². The number of carbonyl (C=O) groups is 1. The SMILES string of the molecule is COc1ccc2c(c1)N(C)/C(=C1/SC(=Nc3cccc4ccccc34)N(c3cccc(C)c3)C1=O)S2. The third-order valence-corrected chi connectivity index (χ3v) is 8.65. The van der Waals surface area contributed by atoms with E-state index in [0.29, 0.717) is 10.1 Å². The number of nitrogens with zero attached hydrogens (tertiary/aromatic N) is 3. The highest BCUT2D eigenvalue weighted by Crippen LogP contribution is 2.51. The quantitative estimate of drug-likeness (QED) is 0.271. The number of amides is 1. The second kappa shape index (κ2) is 9.08. The first-order valence-corrected chi connectivity index (χ1v) is 13.2. The van der Waals surface area contributed by atoms with E-state index in [1.807, 2.05) is 80.7 Å². The fourth-order valence-corrected chi connectivity index (χ4v) is 6.75. The molecule has 1 saturated heterocycles. The Morgan fingerprint density at radius 2 is 1.69 bits per heavy atom. The monoisotopic (exact) mass is 509 g/mol. The molecule has 1 amide bonds. The van der Waals surface area contributed by atoms with Gasteiger partial charge < -0.3 is 9.64 Å². The van der Waals surface area contributed by atoms with Gasteiger partial charge in [0.15, 0.2) is 5.17 Å². The molecule has 7 heteroatoms. The van der Waals surface area contributed by atoms with Crippen LogP contribution in [0.4, 0.5) is 17.1 Å². The van der Waals surface area contributed by atoms with E-state index in [9.17, 15) is 4.79 Å². The molecule has 6 rings (SSSR count). The summed E-state index contributed by atoms with van der Waals surface area (Å²) in [4.78, 5) is 24.6. The minimum atomic E-state index is -0.0706. The molecular weight excluding hydrogens is 486 g/mol. The smallest absolute Gasteiger partial charge is 0.274 e. The number of methoxy groups -OCH3 is 1. The highest BCUT2D eigenvalue weighted by Gasteiger charge is 2.40. The predicted molar refractivity (Wildman–Crippen MR) is 152 cm³/mol. The van der Waals surface area contributed by atoms with Crippen molar-refractivity contribution in [3.63, 3.8) is 0 Å². The molecule has 2 aliphatic rings. The maximum atomic E-state index is 14.0. The molecule has 4 aromatic rings. The van der Waals surface area contributed by atoms with Crippen LogP contribution in [0.25, 0.3) is 10.8 Å². The van der Waals surface area contributed by atoms with Crippen molar-refractivity contribution >= 4 is 62.4 Å². The molecule has 1 fully saturated rings. The van der Waals surface area contributed by atoms with Gasteiger partial charge in [-0.05, 0) is 60.0 Å². The Balaban J connectivity index is 1.49. The van der Waals surface area contributed by atoms with Gasteiger partial charge in [-0.15, -0.1) is 0 Å². The number of carbonyl (C=O) groups excluding carboxylic acids is 1. The van der Waals surface area contributed by atoms with Crippen LogP contribution in [-0.4, -0.2) is 25.2 Å². The van der Waals surface area contributed by atoms with E-state index >= 15 is 0 Å². The summed E-state index contributed by atoms with van der Waals surface area (Å²) in [7, 11) is 3.65. The second-order valence-electron chi connectivity index (χ2n) is 8.60. The lowest BCUT2D eigenvalue weighted by atomic mass is 10.1. The molecule has 0 atom stereocenters. The molecule has 5 nitrogen and oxygen atoms in total. The summed E-state index contributed by atoms with van der Waals surface area (Å²) < 4.78 is 5.42. The van der Waals surface area contributed by atoms with Crippen molar-refractivity contribution in [1.82, 2.24) is 0 Å². The number of aliphatic imine (C=N–C) groups is 1. The average molecular weight is 510 g/mol. The molecule has 0 bridgehead atoms. The highest BCUT2D eigenvalue weighted by molar-refractivity contribution is 8.20. The lowest BCUT2D eigenvalue weighted by Gasteiger charge is -2.17. The molecule has 2 heterocycles. The maximum absolute atomic E-state index is 14.0. The summed E-state index contributed by atoms with van der Waals surface area (Å²) >= 11 is 3.03. The summed E-state index contributed by atoms with van der Waals surface area (Å²) in [6.07, 6.45) is 0. The van der Waals surface area contributed by atoms with Gasteiger partial charge in [-0.25, -0.2) is 4.99 Å². The van der Waals surface area contributed by atoms with Crippen molar-refractivity contribution in [1.29, 1.82) is 0 Å². The molecule has 4 aromatic carbocycles. The maximum Gasteiger partial charge on any atom is 0.274 e. The van der Waals surface area contributed by atoms with Crippen molar-refractivity contribution in [2.45, 2.75) is 11.8 Å². The largest absolute Gasteiger partial charge is 0.497 e. The van der Waals surface area contributed by atoms with Gasteiger partial charge in [-0.1, -0.05) is 60.3 Å². The number of thioether (sulfide) groups is 2. The van der Waals surface area contributed by atoms with E-state index in [-0.39, 0.29) is 5.91 Å². The zero-order valence-corrected chi connectivity index (χ0v) is 21.7. The van der Waals surface area contributed by atoms with Gasteiger partial charge in [0, 0.05) is 23.4 Å². The van der Waals surface area contributed by atoms with Crippen molar-refractivity contribution in [3.05, 3.63) is 100 Å². The number of fused-ring (bicyclic) bond motifs is 2. The average Bonchev–Trinajstić information content (AvgIpc) is 3.39. The molecule has 0 radical (unpaired) electrons. The van der Waals surface area contributed by atoms with Gasteiger partial charge in [-0.3, -0.25) is 9.69 Å². The van der Waals surface area contributed by atoms with Crippen LogP contribution < -0.4 is 14.5 Å². The van der Waals surface area contributed by atoms with Crippen molar-refractivity contribution in [2.24, 2.45) is 4.99 Å². The zero-order chi connectivity index (χ0) is 24.8. The molecule has 178 valence electrons. The summed E-state index contributed by atoms with van der Waals surface area (Å²) in [5, 5.41) is 3.71. The molecule has 0 spiro atoms. The highest BCUT2D eigenvalue weighted by atomic mass is 32.2. The first-order valence-electron chi connectivity index (χ1n) is 11.5. The minimum absolute atomic E-state index is 0.0706. The van der Waals surface area contributed by atoms with Crippen LogP contribution in [0.15, 0.2) is 105 Å². The number of amidine groups is 1. The van der Waals surface area contributed by atoms with Crippen LogP contribution in [0.2, 0.25) is 0 Å². The third kappa shape index (κ3) is 3.85. The molecule has 0 unspecified atom stereocenters. The van der Waals surface area contributed by atoms with Gasteiger partial charge >= 0.3 is 0 Å². The summed E-state index contributed by atoms with van der Waals surface area (Å²) in [6, 6.07) is 28.2. The normalized spacial score (nSPS) is 18.4. The van der Waals surface area contributed by atoms with E-state index in [0.717, 1.165) is 49.1 Å². The first kappa shape index (κ1) is 22.8. The molecule has 0 N–H and O–H groups in total. The van der Waals surface area contributed by atoms with Gasteiger partial charge in [-0.2, -0.15) is 0 Å². The molecule has 0 aliphatic carbocycles. The number of hydrogen-bond donors (Lipinski definition) is 0. The van der Waals surface area contributed by atoms with E-state index in [1.165, 1.54) is 11.8 Å². The summed E-state index contributed by atoms with van der Waals surface area (Å²) in [6.45, 7) is 2.03. The third-order valence-electron chi connectivity index (χ3n) is 6.26. The summed E-state index contributed by atoms with van der Waals surface area (Å²) in [5.41, 5.74) is 3.76. The van der Waals surface area contributed by atoms with Crippen LogP contribution in [0.1, 0.15) is 5.56 Å². The lowest BCUT2D eigenvalue weighted by Crippen LogP contribution is -2.29. The van der Waals surface area contributed by atoms with Gasteiger partial charge in [0.1, 0.15) is 10.7 Å². The predicted octanol–water partition coefficient (Wildman–Crippen LogP) is 7.34. The minimum Gasteiger partial charge on any atom is -0.497 e. The molecular formula is C29H23N3O2S2.